The highest BCUT2D eigenvalue weighted by Crippen LogP contribution is 2.26. The number of hydrogen-bond donors (Lipinski definition) is 1. The highest BCUT2D eigenvalue weighted by molar-refractivity contribution is 7.94. The van der Waals surface area contributed by atoms with E-state index in [9.17, 15) is 17.6 Å². The zero-order valence-corrected chi connectivity index (χ0v) is 16.5. The number of carbonyl (C=O) groups is 1. The molecule has 0 bridgehead atoms. The van der Waals surface area contributed by atoms with Gasteiger partial charge in [0, 0.05) is 12.7 Å². The summed E-state index contributed by atoms with van der Waals surface area (Å²) in [5.41, 5.74) is 0.800. The van der Waals surface area contributed by atoms with Crippen molar-refractivity contribution in [2.24, 2.45) is 0 Å². The Balaban J connectivity index is 1.59. The standard InChI is InChI=1S/C19H17FN2O4S2/c1-22(28(24,25)19-6-3-11-27-19)16-7-9-17(10-8-16)26-13-18(23)21-15-5-2-4-14(20)12-15/h2-12H,13H2,1H3,(H,21,23). The number of carbonyl (C=O) groups excluding carboxylic acids is 1. The third-order valence-corrected chi connectivity index (χ3v) is 6.95. The van der Waals surface area contributed by atoms with Gasteiger partial charge in [0.05, 0.1) is 5.69 Å². The molecule has 0 aliphatic carbocycles. The van der Waals surface area contributed by atoms with Crippen molar-refractivity contribution in [2.45, 2.75) is 4.21 Å². The number of anilines is 2. The molecule has 6 nitrogen and oxygen atoms in total. The number of amides is 1. The van der Waals surface area contributed by atoms with Gasteiger partial charge < -0.3 is 10.1 Å². The minimum atomic E-state index is -3.61. The van der Waals surface area contributed by atoms with Crippen molar-refractivity contribution >= 4 is 38.6 Å². The maximum absolute atomic E-state index is 13.1. The number of hydrogen-bond acceptors (Lipinski definition) is 5. The van der Waals surface area contributed by atoms with Crippen LogP contribution in [-0.4, -0.2) is 28.0 Å². The summed E-state index contributed by atoms with van der Waals surface area (Å²) in [7, 11) is -2.14. The van der Waals surface area contributed by atoms with Crippen molar-refractivity contribution < 1.29 is 22.3 Å². The molecule has 1 aromatic heterocycles. The molecule has 2 aromatic carbocycles. The molecule has 9 heteroatoms. The highest BCUT2D eigenvalue weighted by Gasteiger charge is 2.22. The van der Waals surface area contributed by atoms with Gasteiger partial charge in [0.2, 0.25) is 0 Å². The van der Waals surface area contributed by atoms with E-state index in [0.29, 0.717) is 17.1 Å². The summed E-state index contributed by atoms with van der Waals surface area (Å²) in [5, 5.41) is 4.23. The zero-order valence-electron chi connectivity index (χ0n) is 14.8. The van der Waals surface area contributed by atoms with Gasteiger partial charge in [-0.3, -0.25) is 9.10 Å². The van der Waals surface area contributed by atoms with E-state index in [0.717, 1.165) is 11.3 Å². The molecule has 1 N–H and O–H groups in total. The van der Waals surface area contributed by atoms with Gasteiger partial charge in [-0.25, -0.2) is 12.8 Å². The smallest absolute Gasteiger partial charge is 0.273 e. The molecule has 0 atom stereocenters. The lowest BCUT2D eigenvalue weighted by Gasteiger charge is -2.18. The summed E-state index contributed by atoms with van der Waals surface area (Å²) >= 11 is 1.15. The lowest BCUT2D eigenvalue weighted by molar-refractivity contribution is -0.118. The molecule has 0 unspecified atom stereocenters. The Bertz CT molecular complexity index is 1050. The summed E-state index contributed by atoms with van der Waals surface area (Å²) < 4.78 is 45.0. The maximum Gasteiger partial charge on any atom is 0.273 e. The molecule has 0 aliphatic heterocycles. The SMILES string of the molecule is CN(c1ccc(OCC(=O)Nc2cccc(F)c2)cc1)S(=O)(=O)c1cccs1. The molecule has 0 aliphatic rings. The second-order valence-corrected chi connectivity index (χ2v) is 8.89. The van der Waals surface area contributed by atoms with Crippen molar-refractivity contribution in [3.63, 3.8) is 0 Å². The van der Waals surface area contributed by atoms with Crippen LogP contribution in [0, 0.1) is 5.82 Å². The van der Waals surface area contributed by atoms with Gasteiger partial charge >= 0.3 is 0 Å². The van der Waals surface area contributed by atoms with Gasteiger partial charge in [-0.1, -0.05) is 12.1 Å². The van der Waals surface area contributed by atoms with Crippen LogP contribution in [0.15, 0.2) is 70.3 Å². The number of halogens is 1. The van der Waals surface area contributed by atoms with Gasteiger partial charge in [0.15, 0.2) is 6.61 Å². The monoisotopic (exact) mass is 420 g/mol. The number of benzene rings is 2. The topological polar surface area (TPSA) is 75.7 Å². The Morgan fingerprint density at radius 2 is 1.89 bits per heavy atom. The number of rotatable bonds is 7. The summed E-state index contributed by atoms with van der Waals surface area (Å²) in [5.74, 6) is -0.483. The molecular formula is C19H17FN2O4S2. The van der Waals surface area contributed by atoms with E-state index >= 15 is 0 Å². The first-order chi connectivity index (χ1) is 13.4. The molecule has 3 aromatic rings. The number of ether oxygens (including phenoxy) is 1. The second-order valence-electron chi connectivity index (χ2n) is 5.75. The molecule has 0 saturated heterocycles. The first-order valence-electron chi connectivity index (χ1n) is 8.17. The molecular weight excluding hydrogens is 403 g/mol. The minimum Gasteiger partial charge on any atom is -0.484 e. The Kier molecular flexibility index (Phi) is 5.96. The molecule has 0 radical (unpaired) electrons. The number of thiophene rings is 1. The average Bonchev–Trinajstić information content (AvgIpc) is 3.22. The fourth-order valence-electron chi connectivity index (χ4n) is 2.35. The fourth-order valence-corrected chi connectivity index (χ4v) is 4.71. The molecule has 0 fully saturated rings. The third-order valence-electron chi connectivity index (χ3n) is 3.79. The van der Waals surface area contributed by atoms with Crippen molar-refractivity contribution in [1.29, 1.82) is 0 Å². The van der Waals surface area contributed by atoms with E-state index in [1.165, 1.54) is 29.6 Å². The normalized spacial score (nSPS) is 11.1. The Morgan fingerprint density at radius 1 is 1.14 bits per heavy atom. The van der Waals surface area contributed by atoms with E-state index in [4.69, 9.17) is 4.74 Å². The molecule has 28 heavy (non-hydrogen) atoms. The first-order valence-corrected chi connectivity index (χ1v) is 10.5. The third kappa shape index (κ3) is 4.68. The zero-order chi connectivity index (χ0) is 20.1. The van der Waals surface area contributed by atoms with Crippen LogP contribution in [0.4, 0.5) is 15.8 Å². The van der Waals surface area contributed by atoms with Crippen LogP contribution < -0.4 is 14.4 Å². The van der Waals surface area contributed by atoms with Crippen molar-refractivity contribution in [1.82, 2.24) is 0 Å². The largest absolute Gasteiger partial charge is 0.484 e. The summed E-state index contributed by atoms with van der Waals surface area (Å²) in [6, 6.07) is 15.1. The minimum absolute atomic E-state index is 0.254. The van der Waals surface area contributed by atoms with Crippen LogP contribution in [0.3, 0.4) is 0 Å². The van der Waals surface area contributed by atoms with E-state index in [-0.39, 0.29) is 10.8 Å². The van der Waals surface area contributed by atoms with Crippen LogP contribution in [0.5, 0.6) is 5.75 Å². The number of nitrogens with one attached hydrogen (secondary N) is 1. The number of nitrogens with zero attached hydrogens (tertiary/aromatic N) is 1. The molecule has 0 saturated carbocycles. The predicted octanol–water partition coefficient (Wildman–Crippen LogP) is 3.73. The van der Waals surface area contributed by atoms with Crippen molar-refractivity contribution in [3.05, 3.63) is 71.9 Å². The van der Waals surface area contributed by atoms with E-state index in [2.05, 4.69) is 5.32 Å². The highest BCUT2D eigenvalue weighted by atomic mass is 32.2. The summed E-state index contributed by atoms with van der Waals surface area (Å²) in [4.78, 5) is 11.9. The number of sulfonamides is 1. The summed E-state index contributed by atoms with van der Waals surface area (Å²) in [6.07, 6.45) is 0. The average molecular weight is 420 g/mol. The maximum atomic E-state index is 13.1. The first kappa shape index (κ1) is 19.8. The Labute approximate surface area is 166 Å². The molecule has 0 spiro atoms. The Morgan fingerprint density at radius 3 is 2.54 bits per heavy atom. The van der Waals surface area contributed by atoms with Gasteiger partial charge in [-0.2, -0.15) is 0 Å². The van der Waals surface area contributed by atoms with Gasteiger partial charge in [-0.05, 0) is 53.9 Å². The lowest BCUT2D eigenvalue weighted by atomic mass is 10.3. The van der Waals surface area contributed by atoms with Crippen LogP contribution in [-0.2, 0) is 14.8 Å². The molecule has 1 heterocycles. The molecule has 1 amide bonds. The van der Waals surface area contributed by atoms with Gasteiger partial charge in [0.1, 0.15) is 15.8 Å². The van der Waals surface area contributed by atoms with E-state index < -0.39 is 21.7 Å². The predicted molar refractivity (Wildman–Crippen MR) is 107 cm³/mol. The van der Waals surface area contributed by atoms with Gasteiger partial charge in [-0.15, -0.1) is 11.3 Å². The van der Waals surface area contributed by atoms with Crippen molar-refractivity contribution in [3.8, 4) is 5.75 Å². The molecule has 3 rings (SSSR count). The van der Waals surface area contributed by atoms with Crippen LogP contribution in [0.2, 0.25) is 0 Å². The van der Waals surface area contributed by atoms with E-state index in [1.54, 1.807) is 47.8 Å². The quantitative estimate of drug-likeness (QED) is 0.632. The fraction of sp³-hybridized carbons (Fsp3) is 0.105. The Hall–Kier alpha value is -2.91. The molecule has 146 valence electrons. The van der Waals surface area contributed by atoms with E-state index in [1.807, 2.05) is 0 Å². The van der Waals surface area contributed by atoms with Crippen LogP contribution >= 0.6 is 11.3 Å². The second kappa shape index (κ2) is 8.41. The van der Waals surface area contributed by atoms with Crippen LogP contribution in [0.25, 0.3) is 0 Å². The van der Waals surface area contributed by atoms with Gasteiger partial charge in [0.25, 0.3) is 15.9 Å². The lowest BCUT2D eigenvalue weighted by Crippen LogP contribution is -2.25. The summed E-state index contributed by atoms with van der Waals surface area (Å²) in [6.45, 7) is -0.265. The van der Waals surface area contributed by atoms with Crippen molar-refractivity contribution in [2.75, 3.05) is 23.3 Å². The van der Waals surface area contributed by atoms with Crippen LogP contribution in [0.1, 0.15) is 0 Å².